The molecular weight excluding hydrogens is 703 g/mol. The van der Waals surface area contributed by atoms with Gasteiger partial charge in [0.25, 0.3) is 0 Å². The Kier molecular flexibility index (Phi) is 28.9. The van der Waals surface area contributed by atoms with Crippen LogP contribution in [0.1, 0.15) is 164 Å². The van der Waals surface area contributed by atoms with Gasteiger partial charge < -0.3 is 14.9 Å². The Balaban J connectivity index is 0.000000331. The van der Waals surface area contributed by atoms with Crippen LogP contribution in [0.2, 0.25) is 0 Å². The molecular formula is C52H86K2. The van der Waals surface area contributed by atoms with E-state index < -0.39 is 0 Å². The van der Waals surface area contributed by atoms with Crippen LogP contribution in [0.3, 0.4) is 0 Å². The summed E-state index contributed by atoms with van der Waals surface area (Å²) in [6, 6.07) is 0. The van der Waals surface area contributed by atoms with E-state index in [9.17, 15) is 0 Å². The zero-order chi connectivity index (χ0) is 35.3. The van der Waals surface area contributed by atoms with E-state index >= 15 is 0 Å². The van der Waals surface area contributed by atoms with E-state index in [1.54, 1.807) is 5.57 Å². The van der Waals surface area contributed by atoms with E-state index in [2.05, 4.69) is 108 Å². The van der Waals surface area contributed by atoms with Gasteiger partial charge in [-0.2, -0.15) is 0 Å². The van der Waals surface area contributed by atoms with Crippen LogP contribution in [-0.4, -0.2) is 0 Å². The Morgan fingerprint density at radius 2 is 0.944 bits per heavy atom. The quantitative estimate of drug-likeness (QED) is 0.124. The molecule has 0 nitrogen and oxygen atoms in total. The molecule has 4 fully saturated rings. The summed E-state index contributed by atoms with van der Waals surface area (Å²) >= 11 is 0. The maximum Gasteiger partial charge on any atom is 1.00 e. The second-order valence-electron chi connectivity index (χ2n) is 18.4. The van der Waals surface area contributed by atoms with Crippen molar-refractivity contribution in [3.63, 3.8) is 0 Å². The molecule has 2 heteroatoms. The molecule has 0 N–H and O–H groups in total. The van der Waals surface area contributed by atoms with Gasteiger partial charge in [-0.05, 0) is 115 Å². The van der Waals surface area contributed by atoms with E-state index in [-0.39, 0.29) is 118 Å². The fraction of sp³-hybridized carbons (Fsp3) is 0.731. The molecule has 4 bridgehead atoms. The van der Waals surface area contributed by atoms with Crippen molar-refractivity contribution in [2.24, 2.45) is 76.9 Å². The third kappa shape index (κ3) is 15.6. The van der Waals surface area contributed by atoms with Gasteiger partial charge in [-0.1, -0.05) is 197 Å². The number of fused-ring (bicyclic) bond motifs is 10. The van der Waals surface area contributed by atoms with Gasteiger partial charge in [-0.25, -0.2) is 0 Å². The van der Waals surface area contributed by atoms with Crippen molar-refractivity contribution < 1.29 is 103 Å². The molecule has 0 aliphatic heterocycles. The van der Waals surface area contributed by atoms with E-state index in [4.69, 9.17) is 0 Å². The van der Waals surface area contributed by atoms with Crippen molar-refractivity contribution >= 4 is 0 Å². The standard InChI is InChI=1S/2C10H12.2C10H20.C10H16.2CH3.2K/c2*1-2-9-7-4-5-8(6-7)10(9)3-1;3*1-3-6-9(2)10-7-4-5-8-10;;;;/h2*1-2,4-5,7-10H,3,6H2;2*9-10H,3-8H2,1-2H3;4-5,7,9H,3,6,8H2,1-2H3;2*1H3;;/q;;;;;2*-1;2*+1. The molecule has 0 spiro atoms. The maximum atomic E-state index is 2.44. The van der Waals surface area contributed by atoms with E-state index in [1.165, 1.54) is 122 Å². The van der Waals surface area contributed by atoms with Gasteiger partial charge in [0.1, 0.15) is 0 Å². The first-order valence-electron chi connectivity index (χ1n) is 22.5. The molecule has 54 heavy (non-hydrogen) atoms. The second-order valence-corrected chi connectivity index (χ2v) is 18.4. The molecule has 0 heterocycles. The third-order valence-corrected chi connectivity index (χ3v) is 15.0. The molecule has 11 unspecified atom stereocenters. The third-order valence-electron chi connectivity index (χ3n) is 15.0. The fourth-order valence-electron chi connectivity index (χ4n) is 11.8. The van der Waals surface area contributed by atoms with Crippen molar-refractivity contribution in [1.82, 2.24) is 0 Å². The average Bonchev–Trinajstić information content (AvgIpc) is 4.00. The first kappa shape index (κ1) is 53.7. The molecule has 0 amide bonds. The van der Waals surface area contributed by atoms with Gasteiger partial charge in [0, 0.05) is 0 Å². The zero-order valence-corrected chi connectivity index (χ0v) is 44.0. The number of hydrogen-bond donors (Lipinski definition) is 0. The van der Waals surface area contributed by atoms with Crippen LogP contribution in [0.25, 0.3) is 0 Å². The Bertz CT molecular complexity index is 1090. The Hall–Kier alpha value is 1.71. The fourth-order valence-corrected chi connectivity index (χ4v) is 11.8. The van der Waals surface area contributed by atoms with E-state index in [0.29, 0.717) is 0 Å². The molecule has 0 radical (unpaired) electrons. The minimum Gasteiger partial charge on any atom is -0.358 e. The van der Waals surface area contributed by atoms with E-state index in [0.717, 1.165) is 76.9 Å². The van der Waals surface area contributed by atoms with Crippen molar-refractivity contribution in [2.45, 2.75) is 164 Å². The summed E-state index contributed by atoms with van der Waals surface area (Å²) in [5, 5.41) is 0. The Morgan fingerprint density at radius 1 is 0.537 bits per heavy atom. The molecule has 9 aliphatic carbocycles. The summed E-state index contributed by atoms with van der Waals surface area (Å²) < 4.78 is 0. The average molecular weight is 789 g/mol. The molecule has 0 aromatic rings. The number of hydrogen-bond acceptors (Lipinski definition) is 0. The first-order chi connectivity index (χ1) is 24.4. The topological polar surface area (TPSA) is 0 Å². The molecule has 0 saturated heterocycles. The molecule has 9 rings (SSSR count). The molecule has 0 aromatic heterocycles. The molecule has 4 saturated carbocycles. The SMILES string of the molecule is C1=CC2C3C=CC(C3)C2C1.C1=CC2C3C=CC(C3)C2C1.CCCC(C)C1=CC=CC1.CCCC(C)C1CCCC1.CCCC(C)C1CCCC1.[CH3-].[CH3-].[K+].[K+]. The number of allylic oxidation sites excluding steroid dienone is 12. The Morgan fingerprint density at radius 3 is 1.30 bits per heavy atom. The summed E-state index contributed by atoms with van der Waals surface area (Å²) in [6.45, 7) is 14.0. The van der Waals surface area contributed by atoms with Crippen LogP contribution in [0.15, 0.2) is 72.4 Å². The van der Waals surface area contributed by atoms with Crippen LogP contribution >= 0.6 is 0 Å². The van der Waals surface area contributed by atoms with Gasteiger partial charge in [-0.15, -0.1) is 0 Å². The molecule has 0 aromatic carbocycles. The molecule has 9 aliphatic rings. The van der Waals surface area contributed by atoms with E-state index in [1.807, 2.05) is 0 Å². The van der Waals surface area contributed by atoms with Crippen LogP contribution in [-0.2, 0) is 0 Å². The minimum absolute atomic E-state index is 0. The molecule has 296 valence electrons. The summed E-state index contributed by atoms with van der Waals surface area (Å²) in [5.74, 6) is 12.6. The summed E-state index contributed by atoms with van der Waals surface area (Å²) in [4.78, 5) is 0. The predicted octanol–water partition coefficient (Wildman–Crippen LogP) is 10.2. The van der Waals surface area contributed by atoms with Crippen LogP contribution in [0.4, 0.5) is 0 Å². The van der Waals surface area contributed by atoms with Crippen LogP contribution in [0.5, 0.6) is 0 Å². The van der Waals surface area contributed by atoms with Crippen LogP contribution < -0.4 is 103 Å². The van der Waals surface area contributed by atoms with Gasteiger partial charge in [0.05, 0.1) is 0 Å². The first-order valence-corrected chi connectivity index (χ1v) is 22.5. The monoisotopic (exact) mass is 789 g/mol. The second kappa shape index (κ2) is 29.1. The summed E-state index contributed by atoms with van der Waals surface area (Å²) in [5.41, 5.74) is 1.61. The van der Waals surface area contributed by atoms with Crippen LogP contribution in [0, 0.1) is 91.8 Å². The summed E-state index contributed by atoms with van der Waals surface area (Å²) in [7, 11) is 0. The largest absolute Gasteiger partial charge is 1.00 e. The number of rotatable bonds is 9. The predicted molar refractivity (Wildman–Crippen MR) is 234 cm³/mol. The Labute approximate surface area is 424 Å². The normalized spacial score (nSPS) is 32.4. The smallest absolute Gasteiger partial charge is 0.358 e. The van der Waals surface area contributed by atoms with Gasteiger partial charge in [0.15, 0.2) is 0 Å². The van der Waals surface area contributed by atoms with Gasteiger partial charge >= 0.3 is 103 Å². The van der Waals surface area contributed by atoms with Crippen molar-refractivity contribution in [3.8, 4) is 0 Å². The molecule has 11 atom stereocenters. The van der Waals surface area contributed by atoms with Crippen molar-refractivity contribution in [1.29, 1.82) is 0 Å². The maximum absolute atomic E-state index is 2.44. The van der Waals surface area contributed by atoms with Gasteiger partial charge in [0.2, 0.25) is 0 Å². The zero-order valence-electron chi connectivity index (χ0n) is 37.8. The van der Waals surface area contributed by atoms with Crippen molar-refractivity contribution in [2.75, 3.05) is 0 Å². The van der Waals surface area contributed by atoms with Crippen molar-refractivity contribution in [3.05, 3.63) is 87.3 Å². The summed E-state index contributed by atoms with van der Waals surface area (Å²) in [6.07, 6.45) is 53.2. The van der Waals surface area contributed by atoms with Gasteiger partial charge in [-0.3, -0.25) is 0 Å². The minimum atomic E-state index is 0.